The number of hydrogen-bond acceptors (Lipinski definition) is 5. The molecule has 2 aromatic rings. The van der Waals surface area contributed by atoms with Gasteiger partial charge in [-0.2, -0.15) is 17.5 Å². The van der Waals surface area contributed by atoms with Gasteiger partial charge in [0.05, 0.1) is 16.0 Å². The van der Waals surface area contributed by atoms with Crippen LogP contribution in [0.25, 0.3) is 0 Å². The number of hydrogen-bond donors (Lipinski definition) is 1. The van der Waals surface area contributed by atoms with Crippen molar-refractivity contribution in [1.29, 1.82) is 0 Å². The van der Waals surface area contributed by atoms with Gasteiger partial charge in [-0.25, -0.2) is 8.42 Å². The molecular weight excluding hydrogens is 451 g/mol. The third-order valence-electron chi connectivity index (χ3n) is 4.80. The van der Waals surface area contributed by atoms with Crippen LogP contribution in [0.15, 0.2) is 47.5 Å². The van der Waals surface area contributed by atoms with Crippen molar-refractivity contribution >= 4 is 22.4 Å². The van der Waals surface area contributed by atoms with Crippen LogP contribution in [0.2, 0.25) is 0 Å². The van der Waals surface area contributed by atoms with Gasteiger partial charge in [-0.3, -0.25) is 14.6 Å². The summed E-state index contributed by atoms with van der Waals surface area (Å²) in [6.45, 7) is 3.62. The number of pyridine rings is 1. The Bertz CT molecular complexity index is 1040. The monoisotopic (exact) mass is 473 g/mol. The predicted molar refractivity (Wildman–Crippen MR) is 108 cm³/mol. The second kappa shape index (κ2) is 10.1. The fraction of sp³-hybridized carbons (Fsp3) is 0.350. The molecule has 1 atom stereocenters. The quantitative estimate of drug-likeness (QED) is 0.687. The first-order valence-electron chi connectivity index (χ1n) is 9.40. The van der Waals surface area contributed by atoms with Crippen molar-refractivity contribution in [2.75, 3.05) is 19.6 Å². The standard InChI is InChI=1S/C19H20F3N3O3S.CH2O2/c1-13-3-4-15(11-23-13)18(26)24-9-10-25(14(2)12-24)29(27,28)17-7-5-16(6-8-17)19(20,21)22;2-1-3/h3-8,11,14H,9-10,12H2,1-2H3;1H,(H,2,3)/t14-;/m0./s1. The van der Waals surface area contributed by atoms with Crippen molar-refractivity contribution in [3.8, 4) is 0 Å². The molecule has 12 heteroatoms. The summed E-state index contributed by atoms with van der Waals surface area (Å²) in [6.07, 6.45) is -3.06. The van der Waals surface area contributed by atoms with Gasteiger partial charge in [0.1, 0.15) is 0 Å². The smallest absolute Gasteiger partial charge is 0.416 e. The molecule has 0 spiro atoms. The Morgan fingerprint density at radius 1 is 1.16 bits per heavy atom. The maximum Gasteiger partial charge on any atom is 0.416 e. The van der Waals surface area contributed by atoms with E-state index < -0.39 is 27.8 Å². The molecule has 0 radical (unpaired) electrons. The van der Waals surface area contributed by atoms with E-state index in [2.05, 4.69) is 4.98 Å². The lowest BCUT2D eigenvalue weighted by Gasteiger charge is -2.39. The fourth-order valence-electron chi connectivity index (χ4n) is 3.21. The van der Waals surface area contributed by atoms with Crippen LogP contribution >= 0.6 is 0 Å². The van der Waals surface area contributed by atoms with E-state index in [1.54, 1.807) is 30.9 Å². The van der Waals surface area contributed by atoms with Crippen LogP contribution in [0.1, 0.15) is 28.5 Å². The summed E-state index contributed by atoms with van der Waals surface area (Å²) in [6, 6.07) is 6.28. The molecule has 0 aliphatic carbocycles. The van der Waals surface area contributed by atoms with Gasteiger partial charge < -0.3 is 10.0 Å². The van der Waals surface area contributed by atoms with Gasteiger partial charge >= 0.3 is 6.18 Å². The Hall–Kier alpha value is -2.99. The molecule has 1 aliphatic rings. The summed E-state index contributed by atoms with van der Waals surface area (Å²) in [5.41, 5.74) is 0.288. The lowest BCUT2D eigenvalue weighted by atomic mass is 10.2. The molecule has 0 unspecified atom stereocenters. The Balaban J connectivity index is 0.00000114. The van der Waals surface area contributed by atoms with Crippen LogP contribution in [0.3, 0.4) is 0 Å². The van der Waals surface area contributed by atoms with Crippen molar-refractivity contribution < 1.29 is 36.3 Å². The molecule has 1 aromatic heterocycles. The van der Waals surface area contributed by atoms with Crippen LogP contribution in [-0.4, -0.2) is 65.8 Å². The lowest BCUT2D eigenvalue weighted by molar-refractivity contribution is -0.137. The minimum atomic E-state index is -4.54. The first-order valence-corrected chi connectivity index (χ1v) is 10.8. The van der Waals surface area contributed by atoms with Crippen LogP contribution in [0.5, 0.6) is 0 Å². The third-order valence-corrected chi connectivity index (χ3v) is 6.83. The van der Waals surface area contributed by atoms with Gasteiger partial charge in [0.2, 0.25) is 10.0 Å². The van der Waals surface area contributed by atoms with Gasteiger partial charge in [-0.15, -0.1) is 0 Å². The second-order valence-corrected chi connectivity index (χ2v) is 8.92. The van der Waals surface area contributed by atoms with Gasteiger partial charge in [0.15, 0.2) is 0 Å². The zero-order valence-electron chi connectivity index (χ0n) is 17.3. The molecule has 8 nitrogen and oxygen atoms in total. The minimum absolute atomic E-state index is 0.0511. The largest absolute Gasteiger partial charge is 0.483 e. The van der Waals surface area contributed by atoms with E-state index in [9.17, 15) is 26.4 Å². The molecule has 1 saturated heterocycles. The molecule has 2 heterocycles. The number of aryl methyl sites for hydroxylation is 1. The van der Waals surface area contributed by atoms with Crippen molar-refractivity contribution in [3.05, 3.63) is 59.4 Å². The van der Waals surface area contributed by atoms with Crippen LogP contribution < -0.4 is 0 Å². The molecule has 0 bridgehead atoms. The third kappa shape index (κ3) is 5.82. The van der Waals surface area contributed by atoms with E-state index in [0.717, 1.165) is 30.0 Å². The topological polar surface area (TPSA) is 108 Å². The molecule has 1 amide bonds. The molecule has 32 heavy (non-hydrogen) atoms. The SMILES string of the molecule is Cc1ccc(C(=O)N2CCN(S(=O)(=O)c3ccc(C(F)(F)F)cc3)[C@@H](C)C2)cn1.O=CO. The van der Waals surface area contributed by atoms with Crippen molar-refractivity contribution in [2.45, 2.75) is 31.0 Å². The summed E-state index contributed by atoms with van der Waals surface area (Å²) in [5, 5.41) is 6.89. The zero-order valence-corrected chi connectivity index (χ0v) is 18.1. The summed E-state index contributed by atoms with van der Waals surface area (Å²) in [5.74, 6) is -0.240. The minimum Gasteiger partial charge on any atom is -0.483 e. The number of sulfonamides is 1. The number of carbonyl (C=O) groups excluding carboxylic acids is 1. The van der Waals surface area contributed by atoms with Gasteiger partial charge in [-0.05, 0) is 50.2 Å². The highest BCUT2D eigenvalue weighted by atomic mass is 32.2. The Morgan fingerprint density at radius 2 is 1.75 bits per heavy atom. The lowest BCUT2D eigenvalue weighted by Crippen LogP contribution is -2.55. The van der Waals surface area contributed by atoms with E-state index in [1.807, 2.05) is 0 Å². The number of halogens is 3. The molecule has 1 aliphatic heterocycles. The van der Waals surface area contributed by atoms with Crippen LogP contribution in [0.4, 0.5) is 13.2 Å². The number of piperazine rings is 1. The first kappa shape index (κ1) is 25.3. The van der Waals surface area contributed by atoms with Gasteiger partial charge in [0.25, 0.3) is 12.4 Å². The van der Waals surface area contributed by atoms with Crippen molar-refractivity contribution in [1.82, 2.24) is 14.2 Å². The highest BCUT2D eigenvalue weighted by Gasteiger charge is 2.36. The summed E-state index contributed by atoms with van der Waals surface area (Å²) in [4.78, 5) is 26.4. The number of carboxylic acid groups (broad SMARTS) is 1. The molecule has 1 aromatic carbocycles. The molecule has 1 fully saturated rings. The second-order valence-electron chi connectivity index (χ2n) is 7.03. The summed E-state index contributed by atoms with van der Waals surface area (Å²) in [7, 11) is -3.98. The first-order chi connectivity index (χ1) is 14.9. The van der Waals surface area contributed by atoms with E-state index in [4.69, 9.17) is 9.90 Å². The molecule has 174 valence electrons. The number of nitrogens with zero attached hydrogens (tertiary/aromatic N) is 3. The number of amides is 1. The van der Waals surface area contributed by atoms with E-state index in [1.165, 1.54) is 10.5 Å². The number of rotatable bonds is 3. The Labute approximate surface area is 183 Å². The Kier molecular flexibility index (Phi) is 7.97. The average Bonchev–Trinajstić information content (AvgIpc) is 2.73. The summed E-state index contributed by atoms with van der Waals surface area (Å²) >= 11 is 0. The maximum atomic E-state index is 12.9. The molecule has 3 rings (SSSR count). The zero-order chi connectivity index (χ0) is 24.1. The number of alkyl halides is 3. The van der Waals surface area contributed by atoms with Crippen molar-refractivity contribution in [3.63, 3.8) is 0 Å². The van der Waals surface area contributed by atoms with Crippen LogP contribution in [0, 0.1) is 6.92 Å². The van der Waals surface area contributed by atoms with E-state index in [-0.39, 0.29) is 36.9 Å². The fourth-order valence-corrected chi connectivity index (χ4v) is 4.82. The summed E-state index contributed by atoms with van der Waals surface area (Å²) < 4.78 is 65.1. The number of benzene rings is 1. The maximum absolute atomic E-state index is 12.9. The number of aromatic nitrogens is 1. The van der Waals surface area contributed by atoms with E-state index >= 15 is 0 Å². The van der Waals surface area contributed by atoms with Gasteiger partial charge in [-0.1, -0.05) is 0 Å². The average molecular weight is 473 g/mol. The predicted octanol–water partition coefficient (Wildman–Crippen LogP) is 2.64. The molecular formula is C20H22F3N3O5S. The Morgan fingerprint density at radius 3 is 2.22 bits per heavy atom. The number of carbonyl (C=O) groups is 2. The van der Waals surface area contributed by atoms with Gasteiger partial charge in [0, 0.05) is 37.6 Å². The van der Waals surface area contributed by atoms with E-state index in [0.29, 0.717) is 5.56 Å². The highest BCUT2D eigenvalue weighted by molar-refractivity contribution is 7.89. The van der Waals surface area contributed by atoms with Crippen molar-refractivity contribution in [2.24, 2.45) is 0 Å². The van der Waals surface area contributed by atoms with Crippen LogP contribution in [-0.2, 0) is 21.0 Å². The molecule has 0 saturated carbocycles. The highest BCUT2D eigenvalue weighted by Crippen LogP contribution is 2.30. The normalized spacial score (nSPS) is 17.3. The molecule has 1 N–H and O–H groups in total.